The fourth-order valence-corrected chi connectivity index (χ4v) is 1.53. The van der Waals surface area contributed by atoms with E-state index >= 15 is 0 Å². The quantitative estimate of drug-likeness (QED) is 0.842. The maximum Gasteiger partial charge on any atom is 0.372 e. The molecule has 0 saturated heterocycles. The number of aromatic carboxylic acids is 1. The zero-order valence-electron chi connectivity index (χ0n) is 8.51. The van der Waals surface area contributed by atoms with Crippen molar-refractivity contribution in [3.05, 3.63) is 47.8 Å². The van der Waals surface area contributed by atoms with Crippen molar-refractivity contribution < 1.29 is 14.3 Å². The van der Waals surface area contributed by atoms with E-state index in [0.29, 0.717) is 11.4 Å². The Balaban J connectivity index is 2.63. The second kappa shape index (κ2) is 3.77. The summed E-state index contributed by atoms with van der Waals surface area (Å²) in [6.07, 6.45) is 1.44. The fourth-order valence-electron chi connectivity index (χ4n) is 1.53. The number of imidazole rings is 1. The zero-order chi connectivity index (χ0) is 11.7. The van der Waals surface area contributed by atoms with Crippen molar-refractivity contribution in [3.63, 3.8) is 0 Å². The number of carboxylic acid groups (broad SMARTS) is 1. The third-order valence-electron chi connectivity index (χ3n) is 2.20. The van der Waals surface area contributed by atoms with Gasteiger partial charge in [-0.15, -0.1) is 0 Å². The lowest BCUT2D eigenvalue weighted by molar-refractivity contribution is 0.0681. The van der Waals surface area contributed by atoms with Crippen LogP contribution in [0.5, 0.6) is 0 Å². The molecule has 4 nitrogen and oxygen atoms in total. The molecule has 0 unspecified atom stereocenters. The van der Waals surface area contributed by atoms with E-state index in [9.17, 15) is 9.18 Å². The number of aryl methyl sites for hydroxylation is 1. The van der Waals surface area contributed by atoms with Gasteiger partial charge in [-0.25, -0.2) is 14.2 Å². The molecule has 0 amide bonds. The van der Waals surface area contributed by atoms with E-state index in [1.807, 2.05) is 0 Å². The van der Waals surface area contributed by atoms with Gasteiger partial charge in [0.05, 0.1) is 5.69 Å². The zero-order valence-corrected chi connectivity index (χ0v) is 8.51. The Morgan fingerprint density at radius 3 is 2.88 bits per heavy atom. The number of aromatic nitrogens is 2. The molecule has 1 aromatic carbocycles. The lowest BCUT2D eigenvalue weighted by Gasteiger charge is -2.07. The van der Waals surface area contributed by atoms with E-state index in [1.54, 1.807) is 13.0 Å². The number of carboxylic acids is 1. The number of rotatable bonds is 2. The van der Waals surface area contributed by atoms with Crippen LogP contribution >= 0.6 is 0 Å². The summed E-state index contributed by atoms with van der Waals surface area (Å²) >= 11 is 0. The summed E-state index contributed by atoms with van der Waals surface area (Å²) in [6, 6.07) is 5.72. The molecule has 16 heavy (non-hydrogen) atoms. The molecule has 0 aliphatic heterocycles. The van der Waals surface area contributed by atoms with Crippen molar-refractivity contribution in [2.45, 2.75) is 6.92 Å². The van der Waals surface area contributed by atoms with Gasteiger partial charge in [-0.3, -0.25) is 4.57 Å². The highest BCUT2D eigenvalue weighted by Gasteiger charge is 2.15. The second-order valence-corrected chi connectivity index (χ2v) is 3.34. The lowest BCUT2D eigenvalue weighted by atomic mass is 10.3. The molecular weight excluding hydrogens is 211 g/mol. The normalized spacial score (nSPS) is 10.4. The molecule has 0 fully saturated rings. The van der Waals surface area contributed by atoms with Crippen molar-refractivity contribution in [2.75, 3.05) is 0 Å². The molecule has 2 rings (SSSR count). The van der Waals surface area contributed by atoms with Crippen LogP contribution in [0, 0.1) is 12.7 Å². The van der Waals surface area contributed by atoms with Gasteiger partial charge in [0.25, 0.3) is 0 Å². The average molecular weight is 220 g/mol. The summed E-state index contributed by atoms with van der Waals surface area (Å²) in [4.78, 5) is 14.7. The number of hydrogen-bond donors (Lipinski definition) is 1. The van der Waals surface area contributed by atoms with Crippen LogP contribution in [0.15, 0.2) is 30.5 Å². The van der Waals surface area contributed by atoms with E-state index in [4.69, 9.17) is 5.11 Å². The number of nitrogens with zero attached hydrogens (tertiary/aromatic N) is 2. The first-order valence-electron chi connectivity index (χ1n) is 4.63. The van der Waals surface area contributed by atoms with E-state index < -0.39 is 11.8 Å². The number of carbonyl (C=O) groups is 1. The monoisotopic (exact) mass is 220 g/mol. The highest BCUT2D eigenvalue weighted by atomic mass is 19.1. The van der Waals surface area contributed by atoms with Crippen LogP contribution in [-0.4, -0.2) is 20.6 Å². The fraction of sp³-hybridized carbons (Fsp3) is 0.0909. The van der Waals surface area contributed by atoms with Gasteiger partial charge in [0.2, 0.25) is 5.82 Å². The van der Waals surface area contributed by atoms with Gasteiger partial charge in [0.1, 0.15) is 5.82 Å². The molecule has 0 saturated carbocycles. The van der Waals surface area contributed by atoms with Crippen molar-refractivity contribution in [1.29, 1.82) is 0 Å². The van der Waals surface area contributed by atoms with Crippen molar-refractivity contribution in [2.24, 2.45) is 0 Å². The first kappa shape index (κ1) is 10.4. The minimum atomic E-state index is -1.14. The molecular formula is C11H9FN2O2. The summed E-state index contributed by atoms with van der Waals surface area (Å²) in [6.45, 7) is 1.71. The van der Waals surface area contributed by atoms with Gasteiger partial charge in [-0.05, 0) is 25.1 Å². The summed E-state index contributed by atoms with van der Waals surface area (Å²) < 4.78 is 14.4. The Kier molecular flexibility index (Phi) is 2.44. The Morgan fingerprint density at radius 1 is 1.50 bits per heavy atom. The maximum atomic E-state index is 13.0. The molecule has 0 radical (unpaired) electrons. The predicted octanol–water partition coefficient (Wildman–Crippen LogP) is 2.02. The molecule has 5 heteroatoms. The predicted molar refractivity (Wildman–Crippen MR) is 55.2 cm³/mol. The van der Waals surface area contributed by atoms with Crippen molar-refractivity contribution in [3.8, 4) is 5.69 Å². The van der Waals surface area contributed by atoms with Crippen LogP contribution in [0.25, 0.3) is 5.69 Å². The summed E-state index contributed by atoms with van der Waals surface area (Å²) in [5.74, 6) is -1.68. The summed E-state index contributed by atoms with van der Waals surface area (Å²) in [5.41, 5.74) is 1.09. The molecule has 0 atom stereocenters. The van der Waals surface area contributed by atoms with Gasteiger partial charge in [-0.1, -0.05) is 6.07 Å². The Bertz CT molecular complexity index is 549. The Labute approximate surface area is 91.0 Å². The number of halogens is 1. The largest absolute Gasteiger partial charge is 0.475 e. The molecule has 1 heterocycles. The number of benzene rings is 1. The minimum absolute atomic E-state index is 0.122. The second-order valence-electron chi connectivity index (χ2n) is 3.34. The molecule has 1 N–H and O–H groups in total. The van der Waals surface area contributed by atoms with E-state index in [0.717, 1.165) is 0 Å². The smallest absolute Gasteiger partial charge is 0.372 e. The SMILES string of the molecule is Cc1cnc(C(=O)O)n1-c1cccc(F)c1. The van der Waals surface area contributed by atoms with Gasteiger partial charge in [0.15, 0.2) is 0 Å². The van der Waals surface area contributed by atoms with Crippen LogP contribution in [0.2, 0.25) is 0 Å². The van der Waals surface area contributed by atoms with Crippen LogP contribution in [0.4, 0.5) is 4.39 Å². The average Bonchev–Trinajstić information content (AvgIpc) is 2.60. The third-order valence-corrected chi connectivity index (χ3v) is 2.20. The Hall–Kier alpha value is -2.17. The first-order valence-corrected chi connectivity index (χ1v) is 4.63. The maximum absolute atomic E-state index is 13.0. The topological polar surface area (TPSA) is 55.1 Å². The highest BCUT2D eigenvalue weighted by molar-refractivity contribution is 5.84. The standard InChI is InChI=1S/C11H9FN2O2/c1-7-6-13-10(11(15)16)14(7)9-4-2-3-8(12)5-9/h2-6H,1H3,(H,15,16). The number of hydrogen-bond acceptors (Lipinski definition) is 2. The summed E-state index contributed by atoms with van der Waals surface area (Å²) in [7, 11) is 0. The Morgan fingerprint density at radius 2 is 2.25 bits per heavy atom. The van der Waals surface area contributed by atoms with Crippen molar-refractivity contribution in [1.82, 2.24) is 9.55 Å². The molecule has 2 aromatic rings. The van der Waals surface area contributed by atoms with Crippen molar-refractivity contribution >= 4 is 5.97 Å². The van der Waals surface area contributed by atoms with Gasteiger partial charge >= 0.3 is 5.97 Å². The van der Waals surface area contributed by atoms with Crippen LogP contribution in [0.3, 0.4) is 0 Å². The first-order chi connectivity index (χ1) is 7.59. The van der Waals surface area contributed by atoms with E-state index in [2.05, 4.69) is 4.98 Å². The van der Waals surface area contributed by atoms with E-state index in [-0.39, 0.29) is 5.82 Å². The third kappa shape index (κ3) is 1.67. The molecule has 0 aliphatic rings. The molecule has 0 bridgehead atoms. The molecule has 0 spiro atoms. The molecule has 82 valence electrons. The van der Waals surface area contributed by atoms with Gasteiger partial charge < -0.3 is 5.11 Å². The molecule has 0 aliphatic carbocycles. The lowest BCUT2D eigenvalue weighted by Crippen LogP contribution is -2.09. The summed E-state index contributed by atoms with van der Waals surface area (Å²) in [5, 5.41) is 8.93. The highest BCUT2D eigenvalue weighted by Crippen LogP contribution is 2.15. The minimum Gasteiger partial charge on any atom is -0.475 e. The molecule has 1 aromatic heterocycles. The van der Waals surface area contributed by atoms with Crippen LogP contribution in [0.1, 0.15) is 16.3 Å². The van der Waals surface area contributed by atoms with Crippen LogP contribution in [-0.2, 0) is 0 Å². The van der Waals surface area contributed by atoms with Gasteiger partial charge in [0, 0.05) is 11.9 Å². The van der Waals surface area contributed by atoms with Gasteiger partial charge in [-0.2, -0.15) is 0 Å². The van der Waals surface area contributed by atoms with E-state index in [1.165, 1.54) is 29.0 Å². The van der Waals surface area contributed by atoms with Crippen LogP contribution < -0.4 is 0 Å².